The van der Waals surface area contributed by atoms with Gasteiger partial charge in [-0.15, -0.1) is 0 Å². The van der Waals surface area contributed by atoms with Gasteiger partial charge in [-0.2, -0.15) is 0 Å². The van der Waals surface area contributed by atoms with Gasteiger partial charge in [-0.05, 0) is 51.0 Å². The first-order valence-corrected chi connectivity index (χ1v) is 9.38. The molecule has 4 fully saturated rings. The zero-order valence-corrected chi connectivity index (χ0v) is 15.1. The average molecular weight is 346 g/mol. The molecule has 0 spiro atoms. The highest BCUT2D eigenvalue weighted by Crippen LogP contribution is 2.72. The Bertz CT molecular complexity index is 728. The van der Waals surface area contributed by atoms with E-state index < -0.39 is 17.0 Å². The van der Waals surface area contributed by atoms with Crippen molar-refractivity contribution in [3.8, 4) is 0 Å². The third-order valence-electron chi connectivity index (χ3n) is 8.40. The third-order valence-corrected chi connectivity index (χ3v) is 8.40. The van der Waals surface area contributed by atoms with Gasteiger partial charge < -0.3 is 19.0 Å². The predicted octanol–water partition coefficient (Wildman–Crippen LogP) is 3.37. The van der Waals surface area contributed by atoms with Crippen LogP contribution in [0.1, 0.15) is 64.5 Å². The molecular weight excluding hydrogens is 320 g/mol. The fourth-order valence-corrected chi connectivity index (χ4v) is 6.48. The molecule has 5 heteroatoms. The quantitative estimate of drug-likeness (QED) is 0.623. The molecule has 0 amide bonds. The van der Waals surface area contributed by atoms with Crippen LogP contribution in [0.5, 0.6) is 0 Å². The summed E-state index contributed by atoms with van der Waals surface area (Å²) in [5.74, 6) is -0.247. The van der Waals surface area contributed by atoms with Crippen molar-refractivity contribution in [2.24, 2.45) is 16.7 Å². The second kappa shape index (κ2) is 4.49. The maximum atomic E-state index is 12.9. The van der Waals surface area contributed by atoms with E-state index in [-0.39, 0.29) is 23.0 Å². The number of hydrogen-bond acceptors (Lipinski definition) is 5. The molecule has 1 aromatic rings. The van der Waals surface area contributed by atoms with Crippen molar-refractivity contribution in [2.45, 2.75) is 76.3 Å². The monoisotopic (exact) mass is 346 g/mol. The molecule has 0 radical (unpaired) electrons. The Morgan fingerprint density at radius 2 is 1.96 bits per heavy atom. The summed E-state index contributed by atoms with van der Waals surface area (Å²) < 4.78 is 17.0. The summed E-state index contributed by atoms with van der Waals surface area (Å²) in [5, 5.41) is 11.4. The molecule has 5 nitrogen and oxygen atoms in total. The minimum atomic E-state index is -1.41. The Kier molecular flexibility index (Phi) is 2.86. The van der Waals surface area contributed by atoms with Crippen LogP contribution < -0.4 is 0 Å². The van der Waals surface area contributed by atoms with Crippen LogP contribution >= 0.6 is 0 Å². The fourth-order valence-electron chi connectivity index (χ4n) is 6.48. The predicted molar refractivity (Wildman–Crippen MR) is 88.6 cm³/mol. The van der Waals surface area contributed by atoms with E-state index in [9.17, 15) is 9.90 Å². The standard InChI is InChI=1S/C20H26O5/c1-17-7-8-20(22)16(21)24-13(12-6-9-23-11-12)10-18(20,2)14(17)4-5-15-19(17,3)25-15/h6,9,11,13-15,22H,4-5,7-8,10H2,1-3H3/t13-,14-,15-,17+,18+,19-,20-/m0/s1. The minimum Gasteiger partial charge on any atom is -0.472 e. The van der Waals surface area contributed by atoms with Gasteiger partial charge >= 0.3 is 5.97 Å². The topological polar surface area (TPSA) is 72.2 Å². The number of ether oxygens (including phenoxy) is 2. The van der Waals surface area contributed by atoms with E-state index in [1.807, 2.05) is 6.07 Å². The van der Waals surface area contributed by atoms with Crippen molar-refractivity contribution in [3.63, 3.8) is 0 Å². The van der Waals surface area contributed by atoms with E-state index in [4.69, 9.17) is 13.9 Å². The molecule has 7 atom stereocenters. The first-order valence-electron chi connectivity index (χ1n) is 9.38. The van der Waals surface area contributed by atoms with Crippen LogP contribution in [0.25, 0.3) is 0 Å². The van der Waals surface area contributed by atoms with Gasteiger partial charge in [0.05, 0.1) is 24.2 Å². The highest BCUT2D eigenvalue weighted by molar-refractivity contribution is 5.82. The molecule has 4 aliphatic rings. The number of fused-ring (bicyclic) bond motifs is 5. The summed E-state index contributed by atoms with van der Waals surface area (Å²) in [7, 11) is 0. The van der Waals surface area contributed by atoms with E-state index in [1.54, 1.807) is 12.5 Å². The average Bonchev–Trinajstić information content (AvgIpc) is 3.00. The van der Waals surface area contributed by atoms with Crippen LogP contribution in [0.3, 0.4) is 0 Å². The maximum absolute atomic E-state index is 12.9. The molecule has 1 N–H and O–H groups in total. The minimum absolute atomic E-state index is 0.0184. The van der Waals surface area contributed by atoms with Gasteiger partial charge in [0.1, 0.15) is 6.10 Å². The molecule has 2 saturated carbocycles. The summed E-state index contributed by atoms with van der Waals surface area (Å²) in [4.78, 5) is 12.9. The molecule has 2 aliphatic carbocycles. The van der Waals surface area contributed by atoms with Gasteiger partial charge in [0.25, 0.3) is 0 Å². The summed E-state index contributed by atoms with van der Waals surface area (Å²) in [6, 6.07) is 1.84. The molecule has 0 aromatic carbocycles. The number of furan rings is 1. The number of rotatable bonds is 1. The second-order valence-corrected chi connectivity index (χ2v) is 9.19. The van der Waals surface area contributed by atoms with E-state index in [2.05, 4.69) is 20.8 Å². The fraction of sp³-hybridized carbons (Fsp3) is 0.750. The van der Waals surface area contributed by atoms with Crippen molar-refractivity contribution in [3.05, 3.63) is 24.2 Å². The van der Waals surface area contributed by atoms with Crippen LogP contribution in [0.4, 0.5) is 0 Å². The number of aliphatic hydroxyl groups is 1. The zero-order valence-electron chi connectivity index (χ0n) is 15.1. The number of hydrogen-bond donors (Lipinski definition) is 1. The number of carbonyl (C=O) groups is 1. The Morgan fingerprint density at radius 1 is 1.16 bits per heavy atom. The lowest BCUT2D eigenvalue weighted by atomic mass is 9.42. The van der Waals surface area contributed by atoms with Crippen LogP contribution in [-0.2, 0) is 14.3 Å². The summed E-state index contributed by atoms with van der Waals surface area (Å²) in [6.07, 6.45) is 7.07. The highest BCUT2D eigenvalue weighted by Gasteiger charge is 2.76. The van der Waals surface area contributed by atoms with Crippen LogP contribution in [0, 0.1) is 16.7 Å². The molecule has 25 heavy (non-hydrogen) atoms. The van der Waals surface area contributed by atoms with E-state index in [0.717, 1.165) is 24.8 Å². The smallest absolute Gasteiger partial charge is 0.339 e. The summed E-state index contributed by atoms with van der Waals surface area (Å²) >= 11 is 0. The van der Waals surface area contributed by atoms with Gasteiger partial charge in [0.2, 0.25) is 0 Å². The first-order chi connectivity index (χ1) is 11.7. The molecule has 0 unspecified atom stereocenters. The molecule has 1 aromatic heterocycles. The number of epoxide rings is 1. The Labute approximate surface area is 147 Å². The van der Waals surface area contributed by atoms with Gasteiger partial charge in [-0.1, -0.05) is 13.8 Å². The van der Waals surface area contributed by atoms with Crippen molar-refractivity contribution >= 4 is 5.97 Å². The van der Waals surface area contributed by atoms with Crippen molar-refractivity contribution in [1.29, 1.82) is 0 Å². The Balaban J connectivity index is 1.59. The largest absolute Gasteiger partial charge is 0.472 e. The van der Waals surface area contributed by atoms with E-state index in [0.29, 0.717) is 18.9 Å². The van der Waals surface area contributed by atoms with Crippen LogP contribution in [0.2, 0.25) is 0 Å². The maximum Gasteiger partial charge on any atom is 0.339 e. The van der Waals surface area contributed by atoms with Crippen LogP contribution in [-0.4, -0.2) is 28.4 Å². The van der Waals surface area contributed by atoms with Gasteiger partial charge in [-0.3, -0.25) is 0 Å². The van der Waals surface area contributed by atoms with Crippen molar-refractivity contribution in [2.75, 3.05) is 0 Å². The van der Waals surface area contributed by atoms with Gasteiger partial charge in [0.15, 0.2) is 5.60 Å². The molecule has 2 saturated heterocycles. The van der Waals surface area contributed by atoms with E-state index >= 15 is 0 Å². The van der Waals surface area contributed by atoms with Gasteiger partial charge in [-0.25, -0.2) is 4.79 Å². The molecule has 5 rings (SSSR count). The first kappa shape index (κ1) is 15.9. The molecule has 0 bridgehead atoms. The summed E-state index contributed by atoms with van der Waals surface area (Å²) in [6.45, 7) is 6.61. The SMILES string of the molecule is C[C@]12O[C@H]1CC[C@H]1[C@@]2(C)CC[C@]2(O)C(=O)O[C@H](c3ccoc3)C[C@]12C. The Hall–Kier alpha value is -1.33. The second-order valence-electron chi connectivity index (χ2n) is 9.19. The number of carbonyl (C=O) groups excluding carboxylic acids is 1. The summed E-state index contributed by atoms with van der Waals surface area (Å²) in [5.41, 5.74) is -1.21. The number of cyclic esters (lactones) is 1. The lowest BCUT2D eigenvalue weighted by Crippen LogP contribution is -2.69. The van der Waals surface area contributed by atoms with E-state index in [1.165, 1.54) is 0 Å². The van der Waals surface area contributed by atoms with Crippen molar-refractivity contribution in [1.82, 2.24) is 0 Å². The number of esters is 1. The molecule has 2 aliphatic heterocycles. The third kappa shape index (κ3) is 1.69. The van der Waals surface area contributed by atoms with Gasteiger partial charge in [0, 0.05) is 16.4 Å². The highest BCUT2D eigenvalue weighted by atomic mass is 16.6. The lowest BCUT2D eigenvalue weighted by molar-refractivity contribution is -0.251. The molecule has 3 heterocycles. The van der Waals surface area contributed by atoms with Crippen LogP contribution in [0.15, 0.2) is 23.0 Å². The lowest BCUT2D eigenvalue weighted by Gasteiger charge is -2.63. The Morgan fingerprint density at radius 3 is 2.68 bits per heavy atom. The zero-order chi connectivity index (χ0) is 17.7. The van der Waals surface area contributed by atoms with Crippen molar-refractivity contribution < 1.29 is 23.8 Å². The molecule has 136 valence electrons. The normalized spacial score (nSPS) is 54.1. The molecular formula is C20H26O5.